The highest BCUT2D eigenvalue weighted by atomic mass is 16.1. The number of hydrogen-bond acceptors (Lipinski definition) is 3. The average molecular weight is 206 g/mol. The third kappa shape index (κ3) is 1.44. The Kier molecular flexibility index (Phi) is 2.10. The summed E-state index contributed by atoms with van der Waals surface area (Å²) in [5.41, 5.74) is 1.29. The van der Waals surface area contributed by atoms with E-state index in [4.69, 9.17) is 0 Å². The van der Waals surface area contributed by atoms with Crippen LogP contribution in [-0.4, -0.2) is 19.7 Å². The molecule has 5 heteroatoms. The second-order valence-electron chi connectivity index (χ2n) is 3.97. The lowest BCUT2D eigenvalue weighted by atomic mass is 10.3. The van der Waals surface area contributed by atoms with Gasteiger partial charge in [0.05, 0.1) is 5.69 Å². The smallest absolute Gasteiger partial charge is 0.262 e. The van der Waals surface area contributed by atoms with Crippen LogP contribution >= 0.6 is 0 Å². The van der Waals surface area contributed by atoms with Crippen molar-refractivity contribution in [3.8, 4) is 0 Å². The fourth-order valence-electron chi connectivity index (χ4n) is 1.68. The highest BCUT2D eigenvalue weighted by Gasteiger charge is 2.14. The van der Waals surface area contributed by atoms with Crippen molar-refractivity contribution in [2.24, 2.45) is 0 Å². The van der Waals surface area contributed by atoms with Crippen molar-refractivity contribution in [2.45, 2.75) is 33.7 Å². The summed E-state index contributed by atoms with van der Waals surface area (Å²) in [6.45, 7) is 7.63. The molecule has 2 aromatic rings. The summed E-state index contributed by atoms with van der Waals surface area (Å²) in [5, 5.41) is 4.92. The van der Waals surface area contributed by atoms with Crippen LogP contribution in [0.4, 0.5) is 0 Å². The molecule has 0 aromatic carbocycles. The van der Waals surface area contributed by atoms with Gasteiger partial charge in [-0.15, -0.1) is 0 Å². The minimum absolute atomic E-state index is 0.109. The maximum atomic E-state index is 11.7. The minimum atomic E-state index is -0.109. The van der Waals surface area contributed by atoms with Crippen LogP contribution in [0.2, 0.25) is 0 Å². The van der Waals surface area contributed by atoms with Crippen LogP contribution in [0.1, 0.15) is 31.4 Å². The molecule has 0 aliphatic heterocycles. The van der Waals surface area contributed by atoms with Crippen LogP contribution in [0.15, 0.2) is 4.79 Å². The number of nitrogens with zero attached hydrogens (tertiary/aromatic N) is 3. The lowest BCUT2D eigenvalue weighted by Crippen LogP contribution is -2.11. The van der Waals surface area contributed by atoms with E-state index in [9.17, 15) is 4.79 Å². The topological polar surface area (TPSA) is 63.6 Å². The molecule has 0 fully saturated rings. The van der Waals surface area contributed by atoms with Crippen LogP contribution in [-0.2, 0) is 0 Å². The lowest BCUT2D eigenvalue weighted by molar-refractivity contribution is 0.542. The van der Waals surface area contributed by atoms with Crippen molar-refractivity contribution in [2.75, 3.05) is 0 Å². The summed E-state index contributed by atoms with van der Waals surface area (Å²) in [7, 11) is 0. The quantitative estimate of drug-likeness (QED) is 0.765. The molecule has 0 unspecified atom stereocenters. The molecule has 5 nitrogen and oxygen atoms in total. The van der Waals surface area contributed by atoms with E-state index in [2.05, 4.69) is 15.1 Å². The number of fused-ring (bicyclic) bond motifs is 1. The number of rotatable bonds is 1. The van der Waals surface area contributed by atoms with Gasteiger partial charge in [-0.05, 0) is 27.7 Å². The number of hydrogen-bond donors (Lipinski definition) is 1. The third-order valence-corrected chi connectivity index (χ3v) is 2.34. The van der Waals surface area contributed by atoms with Gasteiger partial charge in [0, 0.05) is 6.04 Å². The van der Waals surface area contributed by atoms with Crippen molar-refractivity contribution in [3.05, 3.63) is 21.9 Å². The molecule has 1 N–H and O–H groups in total. The summed E-state index contributed by atoms with van der Waals surface area (Å²) in [5.74, 6) is 0.620. The number of aromatic amines is 1. The van der Waals surface area contributed by atoms with Gasteiger partial charge in [0.1, 0.15) is 11.2 Å². The molecule has 0 aliphatic rings. The SMILES string of the molecule is Cc1nc2c(c(C)nn2C(C)C)c(=O)[nH]1. The van der Waals surface area contributed by atoms with E-state index in [0.717, 1.165) is 5.69 Å². The molecule has 80 valence electrons. The van der Waals surface area contributed by atoms with Gasteiger partial charge < -0.3 is 4.98 Å². The van der Waals surface area contributed by atoms with Gasteiger partial charge in [0.15, 0.2) is 5.65 Å². The van der Waals surface area contributed by atoms with E-state index >= 15 is 0 Å². The first-order chi connectivity index (χ1) is 7.00. The molecule has 0 amide bonds. The normalized spacial score (nSPS) is 11.5. The Morgan fingerprint density at radius 2 is 2.00 bits per heavy atom. The van der Waals surface area contributed by atoms with Crippen molar-refractivity contribution >= 4 is 11.0 Å². The van der Waals surface area contributed by atoms with E-state index < -0.39 is 0 Å². The number of H-pyrrole nitrogens is 1. The molecule has 0 radical (unpaired) electrons. The highest BCUT2D eigenvalue weighted by Crippen LogP contribution is 2.15. The van der Waals surface area contributed by atoms with E-state index in [-0.39, 0.29) is 11.6 Å². The maximum absolute atomic E-state index is 11.7. The van der Waals surface area contributed by atoms with Gasteiger partial charge >= 0.3 is 0 Å². The Labute approximate surface area is 87.1 Å². The Balaban J connectivity index is 2.93. The fraction of sp³-hybridized carbons (Fsp3) is 0.500. The molecular weight excluding hydrogens is 192 g/mol. The maximum Gasteiger partial charge on any atom is 0.262 e. The molecule has 0 saturated carbocycles. The van der Waals surface area contributed by atoms with E-state index in [1.54, 1.807) is 11.6 Å². The Morgan fingerprint density at radius 1 is 1.33 bits per heavy atom. The first-order valence-electron chi connectivity index (χ1n) is 4.96. The lowest BCUT2D eigenvalue weighted by Gasteiger charge is -2.05. The average Bonchev–Trinajstić information content (AvgIpc) is 2.42. The molecule has 0 aliphatic carbocycles. The number of nitrogens with one attached hydrogen (secondary N) is 1. The molecule has 0 bridgehead atoms. The summed E-state index contributed by atoms with van der Waals surface area (Å²) < 4.78 is 1.78. The standard InChI is InChI=1S/C10H14N4O/c1-5(2)14-9-8(6(3)13-14)10(15)12-7(4)11-9/h5H,1-4H3,(H,11,12,15). The summed E-state index contributed by atoms with van der Waals surface area (Å²) in [6, 6.07) is 0.204. The summed E-state index contributed by atoms with van der Waals surface area (Å²) in [4.78, 5) is 18.7. The van der Waals surface area contributed by atoms with Gasteiger partial charge in [-0.3, -0.25) is 4.79 Å². The van der Waals surface area contributed by atoms with E-state index in [1.807, 2.05) is 20.8 Å². The monoisotopic (exact) mass is 206 g/mol. The molecular formula is C10H14N4O. The molecule has 15 heavy (non-hydrogen) atoms. The zero-order valence-electron chi connectivity index (χ0n) is 9.33. The van der Waals surface area contributed by atoms with Crippen molar-refractivity contribution in [3.63, 3.8) is 0 Å². The Bertz CT molecular complexity index is 565. The van der Waals surface area contributed by atoms with Crippen LogP contribution < -0.4 is 5.56 Å². The molecule has 0 atom stereocenters. The van der Waals surface area contributed by atoms with Crippen LogP contribution in [0.3, 0.4) is 0 Å². The van der Waals surface area contributed by atoms with Crippen molar-refractivity contribution < 1.29 is 0 Å². The van der Waals surface area contributed by atoms with Gasteiger partial charge in [0.25, 0.3) is 5.56 Å². The van der Waals surface area contributed by atoms with Gasteiger partial charge in [-0.25, -0.2) is 9.67 Å². The summed E-state index contributed by atoms with van der Waals surface area (Å²) in [6.07, 6.45) is 0. The molecule has 2 heterocycles. The van der Waals surface area contributed by atoms with Crippen LogP contribution in [0, 0.1) is 13.8 Å². The summed E-state index contributed by atoms with van der Waals surface area (Å²) >= 11 is 0. The van der Waals surface area contributed by atoms with E-state index in [0.29, 0.717) is 16.9 Å². The second kappa shape index (κ2) is 3.18. The fourth-order valence-corrected chi connectivity index (χ4v) is 1.68. The predicted octanol–water partition coefficient (Wildman–Crippen LogP) is 1.32. The molecule has 2 aromatic heterocycles. The van der Waals surface area contributed by atoms with Crippen LogP contribution in [0.5, 0.6) is 0 Å². The number of aromatic nitrogens is 4. The minimum Gasteiger partial charge on any atom is -0.310 e. The Morgan fingerprint density at radius 3 is 2.60 bits per heavy atom. The molecule has 2 rings (SSSR count). The Hall–Kier alpha value is -1.65. The number of aryl methyl sites for hydroxylation is 2. The van der Waals surface area contributed by atoms with Gasteiger partial charge in [-0.1, -0.05) is 0 Å². The van der Waals surface area contributed by atoms with Crippen molar-refractivity contribution in [1.82, 2.24) is 19.7 Å². The third-order valence-electron chi connectivity index (χ3n) is 2.34. The van der Waals surface area contributed by atoms with Crippen LogP contribution in [0.25, 0.3) is 11.0 Å². The van der Waals surface area contributed by atoms with Crippen molar-refractivity contribution in [1.29, 1.82) is 0 Å². The zero-order valence-corrected chi connectivity index (χ0v) is 9.33. The zero-order chi connectivity index (χ0) is 11.2. The molecule has 0 saturated heterocycles. The van der Waals surface area contributed by atoms with E-state index in [1.165, 1.54) is 0 Å². The highest BCUT2D eigenvalue weighted by molar-refractivity contribution is 5.77. The second-order valence-corrected chi connectivity index (χ2v) is 3.97. The molecule has 0 spiro atoms. The first kappa shape index (κ1) is 9.89. The largest absolute Gasteiger partial charge is 0.310 e. The predicted molar refractivity (Wildman–Crippen MR) is 58.0 cm³/mol. The van der Waals surface area contributed by atoms with Gasteiger partial charge in [-0.2, -0.15) is 5.10 Å². The van der Waals surface area contributed by atoms with Gasteiger partial charge in [0.2, 0.25) is 0 Å². The first-order valence-corrected chi connectivity index (χ1v) is 4.96.